The standard InChI is InChI=1S/C31H29F2N3O5S/c1-31(2,3)29-22-10-9-21(28(37)20-7-5-6-18(17-34)25(20)32)26(33)27(22)35-12-14-36(15-13-35)30(38)23-16-19(42(4,39)40)8-11-24(23)41-29/h5-11,16,29H,12-15H2,1-4H3. The Balaban J connectivity index is 1.72. The van der Waals surface area contributed by atoms with Gasteiger partial charge < -0.3 is 14.5 Å². The number of halogens is 2. The quantitative estimate of drug-likeness (QED) is 0.397. The van der Waals surface area contributed by atoms with Crippen molar-refractivity contribution in [3.05, 3.63) is 88.0 Å². The molecule has 1 saturated heterocycles. The second-order valence-electron chi connectivity index (χ2n) is 11.5. The number of carbonyl (C=O) groups is 2. The molecule has 6 rings (SSSR count). The third-order valence-corrected chi connectivity index (χ3v) is 8.67. The summed E-state index contributed by atoms with van der Waals surface area (Å²) in [6, 6.07) is 12.5. The first-order valence-electron chi connectivity index (χ1n) is 13.3. The molecule has 1 unspecified atom stereocenters. The van der Waals surface area contributed by atoms with E-state index >= 15 is 4.39 Å². The van der Waals surface area contributed by atoms with Gasteiger partial charge in [-0.1, -0.05) is 32.9 Å². The van der Waals surface area contributed by atoms with Crippen LogP contribution >= 0.6 is 0 Å². The second kappa shape index (κ2) is 10.5. The molecule has 0 N–H and O–H groups in total. The molecule has 3 aliphatic heterocycles. The third kappa shape index (κ3) is 5.11. The molecule has 2 bridgehead atoms. The Morgan fingerprint density at radius 3 is 2.24 bits per heavy atom. The zero-order valence-corrected chi connectivity index (χ0v) is 24.4. The lowest BCUT2D eigenvalue weighted by Gasteiger charge is -2.38. The zero-order valence-electron chi connectivity index (χ0n) is 23.6. The van der Waals surface area contributed by atoms with Crippen LogP contribution in [-0.2, 0) is 9.84 Å². The SMILES string of the molecule is CC(C)(C)C1Oc2ccc(S(C)(=O)=O)cc2C(=O)N2CCN(CC2)c2c1ccc(C(=O)c1cccc(C#N)c1F)c2F. The summed E-state index contributed by atoms with van der Waals surface area (Å²) in [6.07, 6.45) is 0.218. The topological polar surface area (TPSA) is 108 Å². The van der Waals surface area contributed by atoms with E-state index in [1.165, 1.54) is 42.5 Å². The number of carbonyl (C=O) groups excluding carboxylic acids is 2. The van der Waals surface area contributed by atoms with E-state index in [0.29, 0.717) is 5.56 Å². The lowest BCUT2D eigenvalue weighted by molar-refractivity contribution is 0.0711. The Kier molecular flexibility index (Phi) is 7.31. The summed E-state index contributed by atoms with van der Waals surface area (Å²) in [5.74, 6) is -3.04. The van der Waals surface area contributed by atoms with Crippen LogP contribution in [0.25, 0.3) is 0 Å². The Labute approximate surface area is 243 Å². The van der Waals surface area contributed by atoms with Crippen LogP contribution in [0, 0.1) is 28.4 Å². The molecule has 1 fully saturated rings. The largest absolute Gasteiger partial charge is 0.484 e. The van der Waals surface area contributed by atoms with Gasteiger partial charge in [0.1, 0.15) is 17.9 Å². The number of rotatable bonds is 3. The fraction of sp³-hybridized carbons (Fsp3) is 0.323. The van der Waals surface area contributed by atoms with Crippen LogP contribution in [0.4, 0.5) is 14.5 Å². The van der Waals surface area contributed by atoms with E-state index in [1.807, 2.05) is 20.8 Å². The van der Waals surface area contributed by atoms with Gasteiger partial charge in [0.2, 0.25) is 0 Å². The summed E-state index contributed by atoms with van der Waals surface area (Å²) in [5, 5.41) is 9.20. The Hall–Kier alpha value is -4.30. The summed E-state index contributed by atoms with van der Waals surface area (Å²) < 4.78 is 62.6. The molecule has 0 aliphatic carbocycles. The van der Waals surface area contributed by atoms with Gasteiger partial charge in [-0.25, -0.2) is 17.2 Å². The van der Waals surface area contributed by atoms with Crippen molar-refractivity contribution >= 4 is 27.2 Å². The van der Waals surface area contributed by atoms with Crippen LogP contribution < -0.4 is 9.64 Å². The number of benzene rings is 3. The number of fused-ring (bicyclic) bond motifs is 3. The van der Waals surface area contributed by atoms with E-state index < -0.39 is 50.2 Å². The molecule has 3 aromatic carbocycles. The molecule has 1 amide bonds. The van der Waals surface area contributed by atoms with Gasteiger partial charge in [-0.2, -0.15) is 5.26 Å². The van der Waals surface area contributed by atoms with Crippen molar-refractivity contribution < 1.29 is 31.5 Å². The number of nitriles is 1. The van der Waals surface area contributed by atoms with Crippen LogP contribution in [0.3, 0.4) is 0 Å². The minimum atomic E-state index is -3.62. The molecular formula is C31H29F2N3O5S. The number of anilines is 1. The molecular weight excluding hydrogens is 564 g/mol. The highest BCUT2D eigenvalue weighted by Crippen LogP contribution is 2.45. The fourth-order valence-electron chi connectivity index (χ4n) is 5.37. The van der Waals surface area contributed by atoms with Gasteiger partial charge in [0.15, 0.2) is 27.3 Å². The molecule has 3 aromatic rings. The van der Waals surface area contributed by atoms with Crippen molar-refractivity contribution in [1.29, 1.82) is 5.26 Å². The van der Waals surface area contributed by atoms with Gasteiger partial charge in [0, 0.05) is 43.4 Å². The average molecular weight is 594 g/mol. The lowest BCUT2D eigenvalue weighted by Crippen LogP contribution is -2.49. The highest BCUT2D eigenvalue weighted by atomic mass is 32.2. The van der Waals surface area contributed by atoms with Gasteiger partial charge in [-0.3, -0.25) is 9.59 Å². The molecule has 42 heavy (non-hydrogen) atoms. The maximum Gasteiger partial charge on any atom is 0.257 e. The predicted octanol–water partition coefficient (Wildman–Crippen LogP) is 4.91. The predicted molar refractivity (Wildman–Crippen MR) is 151 cm³/mol. The van der Waals surface area contributed by atoms with Crippen molar-refractivity contribution in [3.8, 4) is 11.8 Å². The third-order valence-electron chi connectivity index (χ3n) is 7.56. The van der Waals surface area contributed by atoms with Crippen molar-refractivity contribution in [2.45, 2.75) is 31.8 Å². The summed E-state index contributed by atoms with van der Waals surface area (Å²) in [4.78, 5) is 30.3. The van der Waals surface area contributed by atoms with Crippen LogP contribution in [0.15, 0.2) is 53.4 Å². The molecule has 0 saturated carbocycles. The molecule has 0 aromatic heterocycles. The highest BCUT2D eigenvalue weighted by Gasteiger charge is 2.38. The van der Waals surface area contributed by atoms with Crippen molar-refractivity contribution in [1.82, 2.24) is 4.90 Å². The first kappa shape index (κ1) is 29.2. The normalized spacial score (nSPS) is 17.1. The van der Waals surface area contributed by atoms with E-state index in [2.05, 4.69) is 0 Å². The molecule has 8 nitrogen and oxygen atoms in total. The van der Waals surface area contributed by atoms with Gasteiger partial charge >= 0.3 is 0 Å². The first-order chi connectivity index (χ1) is 19.7. The van der Waals surface area contributed by atoms with Gasteiger partial charge in [0.25, 0.3) is 5.91 Å². The summed E-state index contributed by atoms with van der Waals surface area (Å²) in [6.45, 7) is 6.50. The molecule has 3 aliphatic rings. The highest BCUT2D eigenvalue weighted by molar-refractivity contribution is 7.90. The van der Waals surface area contributed by atoms with Crippen LogP contribution in [0.5, 0.6) is 5.75 Å². The number of piperazine rings is 1. The number of amides is 1. The van der Waals surface area contributed by atoms with Crippen LogP contribution in [-0.4, -0.2) is 57.4 Å². The second-order valence-corrected chi connectivity index (χ2v) is 13.6. The Morgan fingerprint density at radius 1 is 0.976 bits per heavy atom. The number of hydrogen-bond donors (Lipinski definition) is 0. The molecule has 11 heteroatoms. The minimum absolute atomic E-state index is 0.0266. The van der Waals surface area contributed by atoms with E-state index in [4.69, 9.17) is 4.74 Å². The Morgan fingerprint density at radius 2 is 1.62 bits per heavy atom. The minimum Gasteiger partial charge on any atom is -0.484 e. The number of sulfone groups is 1. The van der Waals surface area contributed by atoms with Gasteiger partial charge in [0.05, 0.1) is 32.8 Å². The van der Waals surface area contributed by atoms with Crippen molar-refractivity contribution in [2.24, 2.45) is 5.41 Å². The summed E-state index contributed by atoms with van der Waals surface area (Å²) in [7, 11) is -3.62. The average Bonchev–Trinajstić information content (AvgIpc) is 2.97. The van der Waals surface area contributed by atoms with Gasteiger partial charge in [-0.05, 0) is 36.4 Å². The summed E-state index contributed by atoms with van der Waals surface area (Å²) in [5.41, 5.74) is -1.14. The van der Waals surface area contributed by atoms with Crippen molar-refractivity contribution in [3.63, 3.8) is 0 Å². The maximum absolute atomic E-state index is 16.6. The molecule has 0 spiro atoms. The monoisotopic (exact) mass is 593 g/mol. The molecule has 0 radical (unpaired) electrons. The van der Waals surface area contributed by atoms with Crippen LogP contribution in [0.1, 0.15) is 64.3 Å². The first-order valence-corrected chi connectivity index (χ1v) is 15.2. The smallest absolute Gasteiger partial charge is 0.257 e. The Bertz CT molecular complexity index is 1770. The molecule has 218 valence electrons. The van der Waals surface area contributed by atoms with Crippen molar-refractivity contribution in [2.75, 3.05) is 37.3 Å². The number of ketones is 1. The van der Waals surface area contributed by atoms with E-state index in [9.17, 15) is 27.7 Å². The summed E-state index contributed by atoms with van der Waals surface area (Å²) >= 11 is 0. The molecule has 1 atom stereocenters. The van der Waals surface area contributed by atoms with E-state index in [1.54, 1.807) is 21.9 Å². The fourth-order valence-corrected chi connectivity index (χ4v) is 6.02. The van der Waals surface area contributed by atoms with E-state index in [-0.39, 0.29) is 59.2 Å². The van der Waals surface area contributed by atoms with Gasteiger partial charge in [-0.15, -0.1) is 0 Å². The molecule has 3 heterocycles. The lowest BCUT2D eigenvalue weighted by atomic mass is 9.82. The van der Waals surface area contributed by atoms with E-state index in [0.717, 1.165) is 6.26 Å². The number of nitrogens with zero attached hydrogens (tertiary/aromatic N) is 3. The van der Waals surface area contributed by atoms with Crippen LogP contribution in [0.2, 0.25) is 0 Å². The maximum atomic E-state index is 16.6. The zero-order chi connectivity index (χ0) is 30.6. The number of hydrogen-bond acceptors (Lipinski definition) is 7. The number of ether oxygens (including phenoxy) is 1.